The summed E-state index contributed by atoms with van der Waals surface area (Å²) < 4.78 is 8.01. The fourth-order valence-corrected chi connectivity index (χ4v) is 4.15. The van der Waals surface area contributed by atoms with Gasteiger partial charge >= 0.3 is 6.03 Å². The first-order valence-corrected chi connectivity index (χ1v) is 11.2. The lowest BCUT2D eigenvalue weighted by molar-refractivity contribution is 0.220. The van der Waals surface area contributed by atoms with Crippen molar-refractivity contribution in [3.63, 3.8) is 0 Å². The molecule has 0 saturated carbocycles. The maximum atomic E-state index is 12.1. The number of benzene rings is 3. The third-order valence-electron chi connectivity index (χ3n) is 5.85. The number of carbonyl (C=O) groups is 1. The summed E-state index contributed by atoms with van der Waals surface area (Å²) in [5, 5.41) is 8.43. The Balaban J connectivity index is 1.44. The quantitative estimate of drug-likeness (QED) is 0.185. The van der Waals surface area contributed by atoms with Crippen LogP contribution in [0.15, 0.2) is 66.0 Å². The Morgan fingerprint density at radius 3 is 2.83 bits per heavy atom. The number of nitrogens with zero attached hydrogens (tertiary/aromatic N) is 4. The minimum absolute atomic E-state index is 0.297. The molecule has 35 heavy (non-hydrogen) atoms. The average molecular weight is 488 g/mol. The number of carbonyl (C=O) groups excluding carboxylic acids is 1. The smallest absolute Gasteiger partial charge is 0.343 e. The number of imidazole rings is 1. The zero-order valence-corrected chi connectivity index (χ0v) is 20.0. The van der Waals surface area contributed by atoms with Crippen LogP contribution in [0.1, 0.15) is 5.56 Å². The number of ether oxygens (including phenoxy) is 1. The molecule has 5 aromatic rings. The molecule has 5 rings (SSSR count). The normalized spacial score (nSPS) is 11.1. The number of aromatic nitrogens is 3. The summed E-state index contributed by atoms with van der Waals surface area (Å²) in [4.78, 5) is 19.8. The third kappa shape index (κ3) is 4.29. The number of aromatic amines is 1. The zero-order valence-electron chi connectivity index (χ0n) is 19.3. The lowest BCUT2D eigenvalue weighted by Crippen LogP contribution is -2.26. The minimum atomic E-state index is -0.528. The molecule has 0 aliphatic carbocycles. The number of fused-ring (bicyclic) bond motifs is 2. The Kier molecular flexibility index (Phi) is 5.62. The first kappa shape index (κ1) is 22.4. The number of hydrogen-bond donors (Lipinski definition) is 3. The summed E-state index contributed by atoms with van der Waals surface area (Å²) in [6.07, 6.45) is 2.03. The molecule has 0 radical (unpaired) electrons. The molecule has 176 valence electrons. The van der Waals surface area contributed by atoms with Crippen LogP contribution in [0.3, 0.4) is 0 Å². The van der Waals surface area contributed by atoms with Crippen molar-refractivity contribution >= 4 is 45.3 Å². The molecule has 0 aliphatic heterocycles. The number of urea groups is 1. The summed E-state index contributed by atoms with van der Waals surface area (Å²) in [5.74, 6) is 0.483. The first-order valence-electron chi connectivity index (χ1n) is 10.8. The van der Waals surface area contributed by atoms with Gasteiger partial charge in [0.25, 0.3) is 6.01 Å². The van der Waals surface area contributed by atoms with Gasteiger partial charge in [0.05, 0.1) is 16.1 Å². The van der Waals surface area contributed by atoms with Crippen molar-refractivity contribution < 1.29 is 9.53 Å². The molecular weight excluding hydrogens is 466 g/mol. The van der Waals surface area contributed by atoms with Crippen LogP contribution < -0.4 is 10.1 Å². The number of rotatable bonds is 5. The summed E-state index contributed by atoms with van der Waals surface area (Å²) in [6.45, 7) is 1.86. The number of halogens is 1. The Morgan fingerprint density at radius 2 is 2.03 bits per heavy atom. The first-order chi connectivity index (χ1) is 16.8. The van der Waals surface area contributed by atoms with Gasteiger partial charge in [-0.15, -0.1) is 0 Å². The highest BCUT2D eigenvalue weighted by molar-refractivity contribution is 6.34. The molecule has 0 atom stereocenters. The predicted molar refractivity (Wildman–Crippen MR) is 136 cm³/mol. The topological polar surface area (TPSA) is 111 Å². The van der Waals surface area contributed by atoms with Gasteiger partial charge in [-0.2, -0.15) is 15.5 Å². The monoisotopic (exact) mass is 487 g/mol. The summed E-state index contributed by atoms with van der Waals surface area (Å²) in [6, 6.07) is 17.1. The van der Waals surface area contributed by atoms with Crippen molar-refractivity contribution in [3.05, 3.63) is 71.4 Å². The number of anilines is 1. The molecule has 0 aliphatic rings. The van der Waals surface area contributed by atoms with Crippen LogP contribution in [0.4, 0.5) is 10.5 Å². The van der Waals surface area contributed by atoms with Gasteiger partial charge in [0.2, 0.25) is 0 Å². The second-order valence-corrected chi connectivity index (χ2v) is 8.63. The number of hydrogen-bond acceptors (Lipinski definition) is 5. The van der Waals surface area contributed by atoms with Crippen molar-refractivity contribution in [2.45, 2.75) is 6.92 Å². The zero-order chi connectivity index (χ0) is 24.7. The van der Waals surface area contributed by atoms with Crippen molar-refractivity contribution in [2.75, 3.05) is 12.4 Å². The third-order valence-corrected chi connectivity index (χ3v) is 6.17. The van der Waals surface area contributed by atoms with Gasteiger partial charge in [-0.3, -0.25) is 0 Å². The molecule has 2 heterocycles. The van der Waals surface area contributed by atoms with E-state index in [4.69, 9.17) is 21.9 Å². The molecule has 2 amide bonds. The van der Waals surface area contributed by atoms with Crippen LogP contribution >= 0.6 is 11.6 Å². The van der Waals surface area contributed by atoms with E-state index in [0.717, 1.165) is 38.1 Å². The fourth-order valence-electron chi connectivity index (χ4n) is 3.88. The van der Waals surface area contributed by atoms with Gasteiger partial charge in [0, 0.05) is 48.5 Å². The highest BCUT2D eigenvalue weighted by Crippen LogP contribution is 2.35. The van der Waals surface area contributed by atoms with Crippen LogP contribution in [0.25, 0.3) is 33.1 Å². The summed E-state index contributed by atoms with van der Waals surface area (Å²) in [7, 11) is 3.41. The number of aryl methyl sites for hydroxylation is 2. The van der Waals surface area contributed by atoms with Crippen molar-refractivity contribution in [3.8, 4) is 22.9 Å². The largest absolute Gasteiger partial charge is 0.426 e. The number of nitrogens with one attached hydrogen (secondary N) is 3. The van der Waals surface area contributed by atoms with E-state index < -0.39 is 6.03 Å². The fraction of sp³-hybridized carbons (Fsp3) is 0.120. The van der Waals surface area contributed by atoms with E-state index in [0.29, 0.717) is 28.0 Å². The summed E-state index contributed by atoms with van der Waals surface area (Å²) in [5.41, 5.74) is 12.8. The van der Waals surface area contributed by atoms with Crippen LogP contribution in [0.5, 0.6) is 11.8 Å². The van der Waals surface area contributed by atoms with Crippen LogP contribution in [-0.2, 0) is 7.05 Å². The molecule has 0 unspecified atom stereocenters. The van der Waals surface area contributed by atoms with E-state index in [2.05, 4.69) is 43.3 Å². The minimum Gasteiger partial charge on any atom is -0.426 e. The summed E-state index contributed by atoms with van der Waals surface area (Å²) >= 11 is 6.63. The highest BCUT2D eigenvalue weighted by atomic mass is 35.5. The number of H-pyrrole nitrogens is 1. The molecule has 3 aromatic carbocycles. The Labute approximate surface area is 205 Å². The molecule has 0 fully saturated rings. The van der Waals surface area contributed by atoms with E-state index in [9.17, 15) is 4.79 Å². The van der Waals surface area contributed by atoms with Crippen molar-refractivity contribution in [2.24, 2.45) is 12.3 Å². The molecule has 3 N–H and O–H groups in total. The van der Waals surface area contributed by atoms with E-state index in [-0.39, 0.29) is 0 Å². The maximum Gasteiger partial charge on any atom is 0.343 e. The average Bonchev–Trinajstić information content (AvgIpc) is 3.41. The van der Waals surface area contributed by atoms with Gasteiger partial charge in [-0.05, 0) is 54.4 Å². The van der Waals surface area contributed by atoms with E-state index >= 15 is 0 Å². The molecule has 0 bridgehead atoms. The Hall–Kier alpha value is -4.37. The molecule has 0 spiro atoms. The van der Waals surface area contributed by atoms with Crippen molar-refractivity contribution in [1.29, 1.82) is 5.53 Å². The van der Waals surface area contributed by atoms with Gasteiger partial charge < -0.3 is 19.6 Å². The van der Waals surface area contributed by atoms with E-state index in [1.807, 2.05) is 44.4 Å². The Morgan fingerprint density at radius 1 is 1.20 bits per heavy atom. The van der Waals surface area contributed by atoms with E-state index in [1.165, 1.54) is 7.05 Å². The maximum absolute atomic E-state index is 12.1. The Bertz CT molecular complexity index is 1600. The number of amides is 2. The van der Waals surface area contributed by atoms with Crippen LogP contribution in [0.2, 0.25) is 5.02 Å². The van der Waals surface area contributed by atoms with Gasteiger partial charge in [0.15, 0.2) is 0 Å². The molecule has 2 aromatic heterocycles. The SMILES string of the molecule is Cc1ccc(Oc2nc3cc(-c4ccc5c(ccn5C)c4)c(Cl)cc3[nH]2)cc1NC(=O)N(C)N=N. The van der Waals surface area contributed by atoms with Crippen LogP contribution in [-0.4, -0.2) is 32.6 Å². The van der Waals surface area contributed by atoms with E-state index in [1.54, 1.807) is 12.1 Å². The standard InChI is InChI=1S/C25H22ClN7O2/c1-14-4-6-17(11-20(14)30-25(34)33(3)31-27)35-24-28-21-12-18(19(26)13-22(21)29-24)15-5-7-23-16(10-15)8-9-32(23)2/h4-13,27H,1-3H3,(H,28,29)(H,30,34). The van der Waals surface area contributed by atoms with Crippen LogP contribution in [0, 0.1) is 12.5 Å². The second-order valence-electron chi connectivity index (χ2n) is 8.22. The van der Waals surface area contributed by atoms with Gasteiger partial charge in [-0.1, -0.05) is 29.0 Å². The lowest BCUT2D eigenvalue weighted by atomic mass is 10.0. The molecule has 10 heteroatoms. The second kappa shape index (κ2) is 8.77. The molecule has 0 saturated heterocycles. The molecule has 9 nitrogen and oxygen atoms in total. The predicted octanol–water partition coefficient (Wildman–Crippen LogP) is 6.89. The lowest BCUT2D eigenvalue weighted by Gasteiger charge is -2.13. The van der Waals surface area contributed by atoms with Crippen molar-refractivity contribution in [1.82, 2.24) is 19.5 Å². The van der Waals surface area contributed by atoms with Gasteiger partial charge in [0.1, 0.15) is 5.75 Å². The highest BCUT2D eigenvalue weighted by Gasteiger charge is 2.14. The molecular formula is C25H22ClN7O2. The van der Waals surface area contributed by atoms with Gasteiger partial charge in [-0.25, -0.2) is 4.79 Å².